The van der Waals surface area contributed by atoms with Gasteiger partial charge in [-0.3, -0.25) is 19.8 Å². The fraction of sp³-hybridized carbons (Fsp3) is 0.0357. The molecule has 0 radical (unpaired) electrons. The smallest absolute Gasteiger partial charge is 0.249 e. The van der Waals surface area contributed by atoms with E-state index in [1.54, 1.807) is 5.01 Å². The van der Waals surface area contributed by atoms with E-state index in [1.807, 2.05) is 126 Å². The van der Waals surface area contributed by atoms with Crippen LogP contribution in [0.5, 0.6) is 0 Å². The average molecular weight is 478 g/mol. The molecule has 0 saturated heterocycles. The van der Waals surface area contributed by atoms with Crippen LogP contribution in [0.2, 0.25) is 0 Å². The Bertz CT molecular complexity index is 1340. The summed E-state index contributed by atoms with van der Waals surface area (Å²) in [5.74, 6) is 0.761. The van der Waals surface area contributed by atoms with Crippen molar-refractivity contribution < 1.29 is 4.79 Å². The second-order valence-corrected chi connectivity index (χ2v) is 8.62. The van der Waals surface area contributed by atoms with Crippen LogP contribution in [0, 0.1) is 0 Å². The predicted molar refractivity (Wildman–Crippen MR) is 141 cm³/mol. The number of carbonyl (C=O) groups is 1. The summed E-state index contributed by atoms with van der Waals surface area (Å²) in [4.78, 5) is 13.1. The minimum absolute atomic E-state index is 0.147. The molecule has 0 aliphatic carbocycles. The molecule has 1 heterocycles. The largest absolute Gasteiger partial charge is 0.272 e. The van der Waals surface area contributed by atoms with E-state index in [2.05, 4.69) is 15.6 Å². The Balaban J connectivity index is 1.38. The van der Waals surface area contributed by atoms with E-state index in [4.69, 9.17) is 0 Å². The lowest BCUT2D eigenvalue weighted by Gasteiger charge is -2.25. The molecular weight excluding hydrogens is 454 g/mol. The molecule has 1 aromatic heterocycles. The van der Waals surface area contributed by atoms with Crippen molar-refractivity contribution in [2.45, 2.75) is 5.16 Å². The summed E-state index contributed by atoms with van der Waals surface area (Å²) in [5, 5.41) is 11.3. The number of rotatable bonds is 8. The Kier molecular flexibility index (Phi) is 6.87. The van der Waals surface area contributed by atoms with E-state index in [-0.39, 0.29) is 11.7 Å². The number of amides is 1. The number of nitrogens with zero attached hydrogens (tertiary/aromatic N) is 4. The van der Waals surface area contributed by atoms with Crippen LogP contribution in [0.1, 0.15) is 0 Å². The third kappa shape index (κ3) is 5.26. The molecule has 0 aliphatic rings. The zero-order chi connectivity index (χ0) is 23.9. The van der Waals surface area contributed by atoms with Crippen LogP contribution in [0.3, 0.4) is 0 Å². The van der Waals surface area contributed by atoms with Crippen molar-refractivity contribution in [3.63, 3.8) is 0 Å². The molecule has 1 N–H and O–H groups in total. The van der Waals surface area contributed by atoms with Gasteiger partial charge in [0.15, 0.2) is 11.0 Å². The molecule has 5 rings (SSSR count). The summed E-state index contributed by atoms with van der Waals surface area (Å²) >= 11 is 1.35. The van der Waals surface area contributed by atoms with Gasteiger partial charge in [-0.05, 0) is 36.4 Å². The molecule has 0 bridgehead atoms. The number of para-hydroxylation sites is 3. The van der Waals surface area contributed by atoms with E-state index in [9.17, 15) is 4.79 Å². The lowest BCUT2D eigenvalue weighted by atomic mass is 10.2. The van der Waals surface area contributed by atoms with Gasteiger partial charge in [0.1, 0.15) is 0 Å². The van der Waals surface area contributed by atoms with Gasteiger partial charge in [0.05, 0.1) is 17.1 Å². The number of hydrogen-bond acceptors (Lipinski definition) is 5. The number of hydrogen-bond donors (Lipinski definition) is 1. The summed E-state index contributed by atoms with van der Waals surface area (Å²) in [6.07, 6.45) is 0. The zero-order valence-corrected chi connectivity index (χ0v) is 19.7. The number of carbonyl (C=O) groups excluding carboxylic acids is 1. The van der Waals surface area contributed by atoms with Crippen LogP contribution in [-0.4, -0.2) is 26.4 Å². The first-order chi connectivity index (χ1) is 17.3. The maximum atomic E-state index is 13.1. The van der Waals surface area contributed by atoms with Gasteiger partial charge >= 0.3 is 0 Å². The summed E-state index contributed by atoms with van der Waals surface area (Å²) in [6.45, 7) is 0. The number of benzene rings is 4. The molecule has 0 spiro atoms. The highest BCUT2D eigenvalue weighted by atomic mass is 32.2. The Morgan fingerprint density at radius 3 is 1.80 bits per heavy atom. The van der Waals surface area contributed by atoms with Crippen LogP contribution in [-0.2, 0) is 4.79 Å². The number of aromatic nitrogens is 3. The molecule has 172 valence electrons. The molecule has 0 atom stereocenters. The van der Waals surface area contributed by atoms with E-state index < -0.39 is 0 Å². The molecular formula is C28H23N5OS. The van der Waals surface area contributed by atoms with Gasteiger partial charge in [-0.2, -0.15) is 0 Å². The second kappa shape index (κ2) is 10.7. The average Bonchev–Trinajstić information content (AvgIpc) is 3.36. The molecule has 7 heteroatoms. The lowest BCUT2D eigenvalue weighted by Crippen LogP contribution is -2.40. The SMILES string of the molecule is O=C(CSc1nnc(-c2ccccc2)n1-c1ccccc1)NN(c1ccccc1)c1ccccc1. The monoisotopic (exact) mass is 477 g/mol. The van der Waals surface area contributed by atoms with Gasteiger partial charge in [-0.1, -0.05) is 96.7 Å². The van der Waals surface area contributed by atoms with Crippen molar-refractivity contribution in [2.24, 2.45) is 0 Å². The van der Waals surface area contributed by atoms with Crippen LogP contribution < -0.4 is 10.4 Å². The maximum absolute atomic E-state index is 13.1. The van der Waals surface area contributed by atoms with Gasteiger partial charge in [0.2, 0.25) is 5.91 Å². The molecule has 6 nitrogen and oxygen atoms in total. The summed E-state index contributed by atoms with van der Waals surface area (Å²) in [6, 6.07) is 39.4. The number of anilines is 2. The van der Waals surface area contributed by atoms with Crippen molar-refractivity contribution in [1.82, 2.24) is 20.2 Å². The lowest BCUT2D eigenvalue weighted by molar-refractivity contribution is -0.118. The van der Waals surface area contributed by atoms with Crippen LogP contribution in [0.25, 0.3) is 17.1 Å². The third-order valence-electron chi connectivity index (χ3n) is 5.28. The minimum Gasteiger partial charge on any atom is -0.272 e. The third-order valence-corrected chi connectivity index (χ3v) is 6.21. The van der Waals surface area contributed by atoms with Gasteiger partial charge in [-0.25, -0.2) is 0 Å². The highest BCUT2D eigenvalue weighted by Gasteiger charge is 2.18. The molecule has 4 aromatic carbocycles. The molecule has 1 amide bonds. The zero-order valence-electron chi connectivity index (χ0n) is 18.9. The quantitative estimate of drug-likeness (QED) is 0.223. The fourth-order valence-electron chi connectivity index (χ4n) is 3.67. The van der Waals surface area contributed by atoms with E-state index in [1.165, 1.54) is 11.8 Å². The first-order valence-electron chi connectivity index (χ1n) is 11.2. The minimum atomic E-state index is -0.147. The van der Waals surface area contributed by atoms with E-state index in [0.29, 0.717) is 5.16 Å². The van der Waals surface area contributed by atoms with Gasteiger partial charge in [0.25, 0.3) is 0 Å². The topological polar surface area (TPSA) is 63.1 Å². The first kappa shape index (κ1) is 22.4. The molecule has 0 aliphatic heterocycles. The van der Waals surface area contributed by atoms with Crippen molar-refractivity contribution in [3.8, 4) is 17.1 Å². The van der Waals surface area contributed by atoms with Crippen LogP contribution in [0.4, 0.5) is 11.4 Å². The highest BCUT2D eigenvalue weighted by molar-refractivity contribution is 7.99. The van der Waals surface area contributed by atoms with E-state index in [0.717, 1.165) is 28.5 Å². The van der Waals surface area contributed by atoms with Gasteiger partial charge in [0, 0.05) is 11.3 Å². The van der Waals surface area contributed by atoms with E-state index >= 15 is 0 Å². The van der Waals surface area contributed by atoms with Crippen LogP contribution in [0.15, 0.2) is 126 Å². The number of thioether (sulfide) groups is 1. The second-order valence-electron chi connectivity index (χ2n) is 7.67. The Morgan fingerprint density at radius 1 is 0.714 bits per heavy atom. The number of hydrazine groups is 1. The molecule has 0 unspecified atom stereocenters. The summed E-state index contributed by atoms with van der Waals surface area (Å²) in [7, 11) is 0. The molecule has 0 saturated carbocycles. The van der Waals surface area contributed by atoms with Crippen molar-refractivity contribution >= 4 is 29.0 Å². The molecule has 0 fully saturated rings. The summed E-state index contributed by atoms with van der Waals surface area (Å²) in [5.41, 5.74) is 6.67. The van der Waals surface area contributed by atoms with Crippen molar-refractivity contribution in [2.75, 3.05) is 10.8 Å². The summed E-state index contributed by atoms with van der Waals surface area (Å²) < 4.78 is 1.99. The highest BCUT2D eigenvalue weighted by Crippen LogP contribution is 2.28. The fourth-order valence-corrected chi connectivity index (χ4v) is 4.41. The van der Waals surface area contributed by atoms with Crippen LogP contribution >= 0.6 is 11.8 Å². The van der Waals surface area contributed by atoms with Crippen molar-refractivity contribution in [1.29, 1.82) is 0 Å². The first-order valence-corrected chi connectivity index (χ1v) is 12.2. The van der Waals surface area contributed by atoms with Gasteiger partial charge in [-0.15, -0.1) is 10.2 Å². The Morgan fingerprint density at radius 2 is 1.23 bits per heavy atom. The van der Waals surface area contributed by atoms with Crippen molar-refractivity contribution in [3.05, 3.63) is 121 Å². The van der Waals surface area contributed by atoms with Gasteiger partial charge < -0.3 is 0 Å². The normalized spacial score (nSPS) is 10.6. The number of nitrogens with one attached hydrogen (secondary N) is 1. The standard InChI is InChI=1S/C28H23N5OS/c34-26(31-33(24-17-9-3-10-18-24)25-19-11-4-12-20-25)21-35-28-30-29-27(22-13-5-1-6-14-22)32(28)23-15-7-2-8-16-23/h1-20H,21H2,(H,31,34). The Labute approximate surface area is 208 Å². The molecule has 5 aromatic rings. The Hall–Kier alpha value is -4.36. The molecule has 35 heavy (non-hydrogen) atoms. The maximum Gasteiger partial charge on any atom is 0.249 e. The predicted octanol–water partition coefficient (Wildman–Crippen LogP) is 5.90.